The molecule has 4 bridgehead atoms. The molecule has 7 heteroatoms. The number of amides is 1. The summed E-state index contributed by atoms with van der Waals surface area (Å²) < 4.78 is 0. The maximum Gasteiger partial charge on any atom is 0.233 e. The van der Waals surface area contributed by atoms with Crippen LogP contribution in [-0.2, 0) is 4.79 Å². The van der Waals surface area contributed by atoms with Crippen LogP contribution in [0.4, 0.5) is 5.95 Å². The molecular weight excluding hydrogens is 298 g/mol. The number of thioether (sulfide) groups is 1. The Hall–Kier alpha value is -1.24. The van der Waals surface area contributed by atoms with Crippen molar-refractivity contribution >= 4 is 23.6 Å². The van der Waals surface area contributed by atoms with Crippen LogP contribution in [0.25, 0.3) is 0 Å². The third-order valence-corrected chi connectivity index (χ3v) is 6.52. The second-order valence-electron chi connectivity index (χ2n) is 7.45. The van der Waals surface area contributed by atoms with Gasteiger partial charge in [-0.15, -0.1) is 5.10 Å². The van der Waals surface area contributed by atoms with Crippen LogP contribution in [-0.4, -0.2) is 31.9 Å². The highest BCUT2D eigenvalue weighted by Crippen LogP contribution is 2.55. The molecule has 0 aliphatic heterocycles. The van der Waals surface area contributed by atoms with E-state index in [2.05, 4.69) is 20.5 Å². The number of aromatic amines is 1. The van der Waals surface area contributed by atoms with Gasteiger partial charge in [0.1, 0.15) is 0 Å². The SMILES string of the molecule is C[C@H](Sc1n[nH]c(N)n1)C(=O)NC12CC3CC(CC(C3)C1)C2. The maximum atomic E-state index is 12.6. The Bertz CT molecular complexity index is 551. The summed E-state index contributed by atoms with van der Waals surface area (Å²) in [6, 6.07) is 0. The first-order chi connectivity index (χ1) is 10.5. The van der Waals surface area contributed by atoms with Crippen molar-refractivity contribution < 1.29 is 4.79 Å². The van der Waals surface area contributed by atoms with Crippen molar-refractivity contribution in [3.8, 4) is 0 Å². The number of carbonyl (C=O) groups excluding carboxylic acids is 1. The molecule has 0 aromatic carbocycles. The van der Waals surface area contributed by atoms with Gasteiger partial charge >= 0.3 is 0 Å². The summed E-state index contributed by atoms with van der Waals surface area (Å²) in [7, 11) is 0. The molecular formula is C15H23N5OS. The molecule has 5 rings (SSSR count). The zero-order valence-electron chi connectivity index (χ0n) is 12.8. The second kappa shape index (κ2) is 5.15. The van der Waals surface area contributed by atoms with Crippen LogP contribution in [0.5, 0.6) is 0 Å². The van der Waals surface area contributed by atoms with Gasteiger partial charge in [-0.25, -0.2) is 5.10 Å². The molecule has 6 nitrogen and oxygen atoms in total. The molecule has 1 aromatic heterocycles. The van der Waals surface area contributed by atoms with Crippen molar-refractivity contribution in [3.05, 3.63) is 0 Å². The molecule has 4 saturated carbocycles. The number of nitrogen functional groups attached to an aromatic ring is 1. The fourth-order valence-corrected chi connectivity index (χ4v) is 5.88. The zero-order chi connectivity index (χ0) is 15.3. The van der Waals surface area contributed by atoms with Crippen LogP contribution in [0.15, 0.2) is 5.16 Å². The van der Waals surface area contributed by atoms with E-state index < -0.39 is 0 Å². The van der Waals surface area contributed by atoms with E-state index in [4.69, 9.17) is 5.73 Å². The largest absolute Gasteiger partial charge is 0.368 e. The van der Waals surface area contributed by atoms with E-state index in [1.165, 1.54) is 50.3 Å². The Morgan fingerprint density at radius 2 is 1.91 bits per heavy atom. The lowest BCUT2D eigenvalue weighted by molar-refractivity contribution is -0.126. The van der Waals surface area contributed by atoms with E-state index in [1.807, 2.05) is 6.92 Å². The molecule has 4 fully saturated rings. The third kappa shape index (κ3) is 2.59. The molecule has 4 aliphatic carbocycles. The minimum absolute atomic E-state index is 0.0681. The molecule has 4 aliphatic rings. The molecule has 120 valence electrons. The van der Waals surface area contributed by atoms with Gasteiger partial charge in [0.25, 0.3) is 0 Å². The van der Waals surface area contributed by atoms with Crippen molar-refractivity contribution in [1.29, 1.82) is 0 Å². The summed E-state index contributed by atoms with van der Waals surface area (Å²) in [5.74, 6) is 2.90. The Labute approximate surface area is 134 Å². The first-order valence-corrected chi connectivity index (χ1v) is 9.06. The third-order valence-electron chi connectivity index (χ3n) is 5.56. The molecule has 0 saturated heterocycles. The number of carbonyl (C=O) groups is 1. The summed E-state index contributed by atoms with van der Waals surface area (Å²) in [6.45, 7) is 1.91. The van der Waals surface area contributed by atoms with Crippen LogP contribution in [0.3, 0.4) is 0 Å². The highest BCUT2D eigenvalue weighted by atomic mass is 32.2. The lowest BCUT2D eigenvalue weighted by Gasteiger charge is -2.57. The van der Waals surface area contributed by atoms with Gasteiger partial charge in [-0.2, -0.15) is 4.98 Å². The second-order valence-corrected chi connectivity index (χ2v) is 8.76. The summed E-state index contributed by atoms with van der Waals surface area (Å²) in [5, 5.41) is 10.3. The van der Waals surface area contributed by atoms with Gasteiger partial charge in [0.15, 0.2) is 0 Å². The predicted octanol–water partition coefficient (Wildman–Crippen LogP) is 1.95. The topological polar surface area (TPSA) is 96.7 Å². The fraction of sp³-hybridized carbons (Fsp3) is 0.800. The van der Waals surface area contributed by atoms with E-state index in [9.17, 15) is 4.79 Å². The van der Waals surface area contributed by atoms with Crippen LogP contribution >= 0.6 is 11.8 Å². The summed E-state index contributed by atoms with van der Waals surface area (Å²) in [6.07, 6.45) is 7.68. The number of nitrogens with zero attached hydrogens (tertiary/aromatic N) is 2. The number of aromatic nitrogens is 3. The van der Waals surface area contributed by atoms with E-state index in [0.29, 0.717) is 5.16 Å². The van der Waals surface area contributed by atoms with E-state index in [1.54, 1.807) is 0 Å². The molecule has 0 spiro atoms. The van der Waals surface area contributed by atoms with Gasteiger partial charge < -0.3 is 11.1 Å². The summed E-state index contributed by atoms with van der Waals surface area (Å²) >= 11 is 1.36. The number of H-pyrrole nitrogens is 1. The summed E-state index contributed by atoms with van der Waals surface area (Å²) in [4.78, 5) is 16.7. The standard InChI is InChI=1S/C15H23N5OS/c1-8(22-14-17-13(16)19-20-14)12(21)18-15-5-9-2-10(6-15)4-11(3-9)7-15/h8-11H,2-7H2,1H3,(H,18,21)(H3,16,17,19,20)/t8-,9?,10?,11?,15?/m0/s1. The van der Waals surface area contributed by atoms with Crippen molar-refractivity contribution in [2.45, 2.75) is 61.4 Å². The number of nitrogens with one attached hydrogen (secondary N) is 2. The molecule has 1 atom stereocenters. The molecule has 1 aromatic rings. The van der Waals surface area contributed by atoms with Crippen LogP contribution in [0.1, 0.15) is 45.4 Å². The van der Waals surface area contributed by atoms with Crippen molar-refractivity contribution in [2.24, 2.45) is 17.8 Å². The fourth-order valence-electron chi connectivity index (χ4n) is 5.15. The highest BCUT2D eigenvalue weighted by molar-refractivity contribution is 8.00. The van der Waals surface area contributed by atoms with Gasteiger partial charge in [0, 0.05) is 5.54 Å². The number of anilines is 1. The first-order valence-electron chi connectivity index (χ1n) is 8.18. The Morgan fingerprint density at radius 3 is 2.41 bits per heavy atom. The molecule has 1 heterocycles. The first kappa shape index (κ1) is 14.4. The molecule has 0 radical (unpaired) electrons. The lowest BCUT2D eigenvalue weighted by atomic mass is 9.53. The normalized spacial score (nSPS) is 37.2. The maximum absolute atomic E-state index is 12.6. The van der Waals surface area contributed by atoms with E-state index in [0.717, 1.165) is 17.8 Å². The van der Waals surface area contributed by atoms with Crippen molar-refractivity contribution in [1.82, 2.24) is 20.5 Å². The predicted molar refractivity (Wildman–Crippen MR) is 85.2 cm³/mol. The van der Waals surface area contributed by atoms with Gasteiger partial charge in [0.05, 0.1) is 5.25 Å². The van der Waals surface area contributed by atoms with Crippen LogP contribution in [0, 0.1) is 17.8 Å². The minimum atomic E-state index is -0.205. The van der Waals surface area contributed by atoms with Crippen LogP contribution < -0.4 is 11.1 Å². The van der Waals surface area contributed by atoms with Crippen LogP contribution in [0.2, 0.25) is 0 Å². The van der Waals surface area contributed by atoms with E-state index in [-0.39, 0.29) is 22.6 Å². The number of rotatable bonds is 4. The molecule has 0 unspecified atom stereocenters. The van der Waals surface area contributed by atoms with Crippen molar-refractivity contribution in [2.75, 3.05) is 5.73 Å². The monoisotopic (exact) mass is 321 g/mol. The molecule has 1 amide bonds. The minimum Gasteiger partial charge on any atom is -0.368 e. The number of hydrogen-bond donors (Lipinski definition) is 3. The van der Waals surface area contributed by atoms with Gasteiger partial charge in [-0.1, -0.05) is 11.8 Å². The number of hydrogen-bond acceptors (Lipinski definition) is 5. The summed E-state index contributed by atoms with van der Waals surface area (Å²) in [5.41, 5.74) is 5.59. The van der Waals surface area contributed by atoms with Gasteiger partial charge in [-0.05, 0) is 63.2 Å². The van der Waals surface area contributed by atoms with E-state index >= 15 is 0 Å². The number of nitrogens with two attached hydrogens (primary N) is 1. The Kier molecular flexibility index (Phi) is 3.36. The zero-order valence-corrected chi connectivity index (χ0v) is 13.7. The Morgan fingerprint density at radius 1 is 1.32 bits per heavy atom. The quantitative estimate of drug-likeness (QED) is 0.737. The van der Waals surface area contributed by atoms with Crippen molar-refractivity contribution in [3.63, 3.8) is 0 Å². The molecule has 4 N–H and O–H groups in total. The molecule has 22 heavy (non-hydrogen) atoms. The smallest absolute Gasteiger partial charge is 0.233 e. The Balaban J connectivity index is 1.41. The lowest BCUT2D eigenvalue weighted by Crippen LogP contribution is -2.60. The average Bonchev–Trinajstić information content (AvgIpc) is 2.81. The average molecular weight is 321 g/mol. The highest BCUT2D eigenvalue weighted by Gasteiger charge is 2.51. The van der Waals surface area contributed by atoms with Gasteiger partial charge in [0.2, 0.25) is 17.0 Å². The van der Waals surface area contributed by atoms with Gasteiger partial charge in [-0.3, -0.25) is 4.79 Å².